The van der Waals surface area contributed by atoms with Gasteiger partial charge in [0, 0.05) is 37.4 Å². The highest BCUT2D eigenvalue weighted by Gasteiger charge is 2.35. The number of amides is 1. The summed E-state index contributed by atoms with van der Waals surface area (Å²) in [5, 5.41) is 9.40. The van der Waals surface area contributed by atoms with Gasteiger partial charge in [0.2, 0.25) is 0 Å². The van der Waals surface area contributed by atoms with Crippen LogP contribution in [0.5, 0.6) is 0 Å². The van der Waals surface area contributed by atoms with Crippen LogP contribution < -0.4 is 0 Å². The van der Waals surface area contributed by atoms with Gasteiger partial charge in [-0.05, 0) is 44.5 Å². The van der Waals surface area contributed by atoms with Gasteiger partial charge < -0.3 is 4.90 Å². The molecule has 2 aromatic heterocycles. The molecule has 10 heteroatoms. The number of carbonyl (C=O) groups is 1. The van der Waals surface area contributed by atoms with E-state index in [1.54, 1.807) is 6.92 Å². The van der Waals surface area contributed by atoms with Gasteiger partial charge in [-0.2, -0.15) is 18.4 Å². The Balaban J connectivity index is 2.03. The molecule has 0 aliphatic heterocycles. The minimum absolute atomic E-state index is 0.101. The zero-order chi connectivity index (χ0) is 24.4. The summed E-state index contributed by atoms with van der Waals surface area (Å²) in [5.41, 5.74) is -1.01. The summed E-state index contributed by atoms with van der Waals surface area (Å²) in [7, 11) is 1.47. The van der Waals surface area contributed by atoms with Gasteiger partial charge in [0.25, 0.3) is 5.91 Å². The van der Waals surface area contributed by atoms with E-state index in [1.165, 1.54) is 62.8 Å². The van der Waals surface area contributed by atoms with Crippen LogP contribution >= 0.6 is 0 Å². The van der Waals surface area contributed by atoms with E-state index in [1.807, 2.05) is 6.07 Å². The molecule has 33 heavy (non-hydrogen) atoms. The minimum Gasteiger partial charge on any atom is -0.333 e. The average Bonchev–Trinajstić information content (AvgIpc) is 2.82. The van der Waals surface area contributed by atoms with Crippen molar-refractivity contribution in [1.29, 1.82) is 5.26 Å². The maximum Gasteiger partial charge on any atom is 0.416 e. The molecule has 0 saturated heterocycles. The summed E-state index contributed by atoms with van der Waals surface area (Å²) in [6.07, 6.45) is 2.77. The van der Waals surface area contributed by atoms with E-state index in [0.717, 1.165) is 12.1 Å². The van der Waals surface area contributed by atoms with Crippen molar-refractivity contribution in [3.05, 3.63) is 71.6 Å². The van der Waals surface area contributed by atoms with Gasteiger partial charge >= 0.3 is 6.18 Å². The van der Waals surface area contributed by atoms with Gasteiger partial charge in [-0.3, -0.25) is 24.7 Å². The van der Waals surface area contributed by atoms with Gasteiger partial charge in [0.1, 0.15) is 11.4 Å². The number of benzene rings is 1. The summed E-state index contributed by atoms with van der Waals surface area (Å²) < 4.78 is 40.6. The van der Waals surface area contributed by atoms with Gasteiger partial charge in [0.05, 0.1) is 35.0 Å². The van der Waals surface area contributed by atoms with Crippen molar-refractivity contribution in [2.24, 2.45) is 0 Å². The first-order valence-corrected chi connectivity index (χ1v) is 9.94. The number of rotatable bonds is 5. The molecule has 1 unspecified atom stereocenters. The largest absolute Gasteiger partial charge is 0.416 e. The Labute approximate surface area is 189 Å². The SMILES string of the molecule is CC(c1nccnc1-c1cnccn1)N(C)C(=O)c1cc(C(F)(F)F)cc(C(C)(C)C#N)c1. The Morgan fingerprint density at radius 3 is 2.27 bits per heavy atom. The van der Waals surface area contributed by atoms with Gasteiger partial charge in [-0.1, -0.05) is 0 Å². The Morgan fingerprint density at radius 1 is 1.03 bits per heavy atom. The molecule has 0 bridgehead atoms. The molecule has 1 amide bonds. The summed E-state index contributed by atoms with van der Waals surface area (Å²) in [6, 6.07) is 4.35. The fourth-order valence-corrected chi connectivity index (χ4v) is 3.18. The molecule has 7 nitrogen and oxygen atoms in total. The topological polar surface area (TPSA) is 95.7 Å². The molecular weight excluding hydrogens is 433 g/mol. The lowest BCUT2D eigenvalue weighted by atomic mass is 9.84. The predicted molar refractivity (Wildman–Crippen MR) is 114 cm³/mol. The number of nitriles is 1. The number of hydrogen-bond acceptors (Lipinski definition) is 6. The Morgan fingerprint density at radius 2 is 1.67 bits per heavy atom. The molecule has 0 fully saturated rings. The van der Waals surface area contributed by atoms with Crippen molar-refractivity contribution in [2.45, 2.75) is 38.4 Å². The van der Waals surface area contributed by atoms with Crippen molar-refractivity contribution in [2.75, 3.05) is 7.05 Å². The summed E-state index contributed by atoms with van der Waals surface area (Å²) >= 11 is 0. The lowest BCUT2D eigenvalue weighted by Crippen LogP contribution is -2.31. The van der Waals surface area contributed by atoms with Gasteiger partial charge in [0.15, 0.2) is 0 Å². The van der Waals surface area contributed by atoms with Crippen LogP contribution in [-0.2, 0) is 11.6 Å². The second kappa shape index (κ2) is 8.94. The molecule has 0 radical (unpaired) electrons. The third-order valence-corrected chi connectivity index (χ3v) is 5.34. The summed E-state index contributed by atoms with van der Waals surface area (Å²) in [5.74, 6) is -0.653. The van der Waals surface area contributed by atoms with Crippen molar-refractivity contribution in [1.82, 2.24) is 24.8 Å². The van der Waals surface area contributed by atoms with E-state index < -0.39 is 29.1 Å². The molecular formula is C23H21F3N6O. The molecule has 2 heterocycles. The van der Waals surface area contributed by atoms with Crippen molar-refractivity contribution >= 4 is 5.91 Å². The van der Waals surface area contributed by atoms with E-state index >= 15 is 0 Å². The fourth-order valence-electron chi connectivity index (χ4n) is 3.18. The number of hydrogen-bond donors (Lipinski definition) is 0. The lowest BCUT2D eigenvalue weighted by Gasteiger charge is -2.27. The second-order valence-electron chi connectivity index (χ2n) is 8.01. The Hall–Kier alpha value is -3.87. The van der Waals surface area contributed by atoms with Crippen LogP contribution in [0, 0.1) is 11.3 Å². The molecule has 170 valence electrons. The Kier molecular flexibility index (Phi) is 6.44. The van der Waals surface area contributed by atoms with Crippen LogP contribution in [0.25, 0.3) is 11.4 Å². The van der Waals surface area contributed by atoms with E-state index in [4.69, 9.17) is 0 Å². The van der Waals surface area contributed by atoms with Crippen LogP contribution in [0.1, 0.15) is 54.0 Å². The smallest absolute Gasteiger partial charge is 0.333 e. The number of halogens is 3. The van der Waals surface area contributed by atoms with Crippen LogP contribution in [0.3, 0.4) is 0 Å². The van der Waals surface area contributed by atoms with Crippen molar-refractivity contribution < 1.29 is 18.0 Å². The van der Waals surface area contributed by atoms with Crippen LogP contribution in [0.2, 0.25) is 0 Å². The molecule has 3 rings (SSSR count). The summed E-state index contributed by atoms with van der Waals surface area (Å²) in [4.78, 5) is 31.4. The van der Waals surface area contributed by atoms with Crippen LogP contribution in [0.15, 0.2) is 49.2 Å². The Bertz CT molecular complexity index is 1200. The van der Waals surface area contributed by atoms with Crippen molar-refractivity contribution in [3.63, 3.8) is 0 Å². The molecule has 1 atom stereocenters. The zero-order valence-electron chi connectivity index (χ0n) is 18.4. The fraction of sp³-hybridized carbons (Fsp3) is 0.304. The molecule has 0 aliphatic carbocycles. The molecule has 0 aliphatic rings. The number of nitrogens with zero attached hydrogens (tertiary/aromatic N) is 6. The van der Waals surface area contributed by atoms with Gasteiger partial charge in [-0.25, -0.2) is 0 Å². The zero-order valence-corrected chi connectivity index (χ0v) is 18.4. The third-order valence-electron chi connectivity index (χ3n) is 5.34. The van der Waals surface area contributed by atoms with E-state index in [9.17, 15) is 23.2 Å². The molecule has 0 saturated carbocycles. The van der Waals surface area contributed by atoms with Crippen LogP contribution in [-0.4, -0.2) is 37.8 Å². The quantitative estimate of drug-likeness (QED) is 0.560. The summed E-state index contributed by atoms with van der Waals surface area (Å²) in [6.45, 7) is 4.68. The molecule has 0 spiro atoms. The molecule has 1 aromatic carbocycles. The van der Waals surface area contributed by atoms with E-state index in [0.29, 0.717) is 17.1 Å². The molecule has 3 aromatic rings. The van der Waals surface area contributed by atoms with E-state index in [2.05, 4.69) is 19.9 Å². The maximum atomic E-state index is 13.5. The monoisotopic (exact) mass is 454 g/mol. The number of carbonyl (C=O) groups excluding carboxylic acids is 1. The normalized spacial score (nSPS) is 12.7. The minimum atomic E-state index is -4.68. The van der Waals surface area contributed by atoms with Crippen molar-refractivity contribution in [3.8, 4) is 17.5 Å². The third kappa shape index (κ3) is 4.98. The first-order chi connectivity index (χ1) is 15.5. The molecule has 0 N–H and O–H groups in total. The highest BCUT2D eigenvalue weighted by molar-refractivity contribution is 5.95. The highest BCUT2D eigenvalue weighted by atomic mass is 19.4. The van der Waals surface area contributed by atoms with Crippen LogP contribution in [0.4, 0.5) is 13.2 Å². The first kappa shape index (κ1) is 23.8. The number of aromatic nitrogens is 4. The highest BCUT2D eigenvalue weighted by Crippen LogP contribution is 2.35. The van der Waals surface area contributed by atoms with E-state index in [-0.39, 0.29) is 11.1 Å². The predicted octanol–water partition coefficient (Wildman–Crippen LogP) is 4.59. The first-order valence-electron chi connectivity index (χ1n) is 9.94. The maximum absolute atomic E-state index is 13.5. The standard InChI is InChI=1S/C23H21F3N6O/c1-14(19-20(31-8-7-30-19)18-12-28-5-6-29-18)32(4)21(33)15-9-16(22(2,3)13-27)11-17(10-15)23(24,25)26/h5-12,14H,1-4H3. The average molecular weight is 454 g/mol. The van der Waals surface area contributed by atoms with Gasteiger partial charge in [-0.15, -0.1) is 0 Å². The lowest BCUT2D eigenvalue weighted by molar-refractivity contribution is -0.137. The number of alkyl halides is 3. The second-order valence-corrected chi connectivity index (χ2v) is 8.01.